The van der Waals surface area contributed by atoms with E-state index in [4.69, 9.17) is 4.74 Å². The molecule has 0 atom stereocenters. The fourth-order valence-electron chi connectivity index (χ4n) is 4.28. The summed E-state index contributed by atoms with van der Waals surface area (Å²) >= 11 is 1.65. The minimum atomic E-state index is 0.930. The first-order chi connectivity index (χ1) is 15.2. The van der Waals surface area contributed by atoms with Crippen molar-refractivity contribution in [1.29, 1.82) is 0 Å². The number of anilines is 1. The van der Waals surface area contributed by atoms with Gasteiger partial charge in [0.15, 0.2) is 0 Å². The zero-order valence-electron chi connectivity index (χ0n) is 18.6. The highest BCUT2D eigenvalue weighted by Crippen LogP contribution is 2.29. The van der Waals surface area contributed by atoms with Crippen LogP contribution in [0.4, 0.5) is 5.69 Å². The van der Waals surface area contributed by atoms with Crippen molar-refractivity contribution in [1.82, 2.24) is 9.80 Å². The van der Waals surface area contributed by atoms with Gasteiger partial charge in [-0.15, -0.1) is 0 Å². The molecule has 3 aromatic rings. The zero-order valence-corrected chi connectivity index (χ0v) is 19.5. The van der Waals surface area contributed by atoms with Crippen LogP contribution in [0.3, 0.4) is 0 Å². The maximum Gasteiger partial charge on any atom is 0.123 e. The summed E-state index contributed by atoms with van der Waals surface area (Å²) in [6, 6.07) is 21.5. The molecule has 31 heavy (non-hydrogen) atoms. The highest BCUT2D eigenvalue weighted by atomic mass is 32.2. The van der Waals surface area contributed by atoms with E-state index in [0.29, 0.717) is 0 Å². The van der Waals surface area contributed by atoms with E-state index in [0.717, 1.165) is 37.6 Å². The Kier molecular flexibility index (Phi) is 7.73. The van der Waals surface area contributed by atoms with Gasteiger partial charge in [-0.2, -0.15) is 0 Å². The SMILES string of the molecule is CCCN1CCCN(Cc2cc(NSc3ccc4ccccc4c3)ccc2OC)CC1. The molecule has 1 fully saturated rings. The van der Waals surface area contributed by atoms with Gasteiger partial charge >= 0.3 is 0 Å². The van der Waals surface area contributed by atoms with E-state index in [1.54, 1.807) is 19.1 Å². The zero-order chi connectivity index (χ0) is 21.5. The van der Waals surface area contributed by atoms with Crippen molar-refractivity contribution in [2.24, 2.45) is 0 Å². The summed E-state index contributed by atoms with van der Waals surface area (Å²) in [5.41, 5.74) is 2.35. The quantitative estimate of drug-likeness (QED) is 0.446. The molecule has 0 aliphatic carbocycles. The molecule has 1 N–H and O–H groups in total. The van der Waals surface area contributed by atoms with Crippen molar-refractivity contribution in [3.05, 3.63) is 66.2 Å². The number of nitrogens with zero attached hydrogens (tertiary/aromatic N) is 2. The largest absolute Gasteiger partial charge is 0.496 e. The summed E-state index contributed by atoms with van der Waals surface area (Å²) in [5.74, 6) is 0.968. The van der Waals surface area contributed by atoms with Crippen molar-refractivity contribution in [2.75, 3.05) is 44.6 Å². The fourth-order valence-corrected chi connectivity index (χ4v) is 4.96. The van der Waals surface area contributed by atoms with Crippen LogP contribution in [0.1, 0.15) is 25.3 Å². The van der Waals surface area contributed by atoms with Crippen molar-refractivity contribution in [3.63, 3.8) is 0 Å². The molecule has 164 valence electrons. The number of methoxy groups -OCH3 is 1. The second-order valence-electron chi connectivity index (χ2n) is 8.21. The topological polar surface area (TPSA) is 27.7 Å². The molecule has 0 bridgehead atoms. The van der Waals surface area contributed by atoms with Gasteiger partial charge in [-0.3, -0.25) is 4.90 Å². The molecule has 5 heteroatoms. The Bertz CT molecular complexity index is 993. The normalized spacial score (nSPS) is 15.7. The molecule has 0 saturated carbocycles. The first kappa shape index (κ1) is 22.0. The molecule has 1 aliphatic heterocycles. The van der Waals surface area contributed by atoms with E-state index >= 15 is 0 Å². The highest BCUT2D eigenvalue weighted by molar-refractivity contribution is 8.00. The molecule has 3 aromatic carbocycles. The van der Waals surface area contributed by atoms with Crippen LogP contribution in [0.25, 0.3) is 10.8 Å². The van der Waals surface area contributed by atoms with Crippen LogP contribution >= 0.6 is 11.9 Å². The number of benzene rings is 3. The molecule has 0 spiro atoms. The highest BCUT2D eigenvalue weighted by Gasteiger charge is 2.16. The van der Waals surface area contributed by atoms with Gasteiger partial charge in [0.2, 0.25) is 0 Å². The van der Waals surface area contributed by atoms with Crippen molar-refractivity contribution in [3.8, 4) is 5.75 Å². The minimum Gasteiger partial charge on any atom is -0.496 e. The number of rotatable bonds is 8. The van der Waals surface area contributed by atoms with E-state index in [1.807, 2.05) is 0 Å². The standard InChI is InChI=1S/C26H33N3OS/c1-3-13-28-14-6-15-29(17-16-28)20-23-18-24(10-12-26(23)30-2)27-31-25-11-9-21-7-4-5-8-22(21)19-25/h4-5,7-12,18-19,27H,3,6,13-17,20H2,1-2H3. The van der Waals surface area contributed by atoms with Gasteiger partial charge in [0.25, 0.3) is 0 Å². The first-order valence-electron chi connectivity index (χ1n) is 11.3. The van der Waals surface area contributed by atoms with Gasteiger partial charge in [0.05, 0.1) is 7.11 Å². The molecule has 0 radical (unpaired) electrons. The molecule has 4 nitrogen and oxygen atoms in total. The van der Waals surface area contributed by atoms with Crippen molar-refractivity contribution < 1.29 is 4.74 Å². The molecule has 0 amide bonds. The third kappa shape index (κ3) is 5.94. The Morgan fingerprint density at radius 2 is 1.71 bits per heavy atom. The van der Waals surface area contributed by atoms with Gasteiger partial charge in [0, 0.05) is 35.8 Å². The van der Waals surface area contributed by atoms with Crippen LogP contribution in [-0.2, 0) is 6.54 Å². The van der Waals surface area contributed by atoms with Crippen LogP contribution in [0.2, 0.25) is 0 Å². The summed E-state index contributed by atoms with van der Waals surface area (Å²) in [6.07, 6.45) is 2.47. The van der Waals surface area contributed by atoms with E-state index in [1.165, 1.54) is 47.2 Å². The molecule has 1 heterocycles. The minimum absolute atomic E-state index is 0.930. The van der Waals surface area contributed by atoms with Gasteiger partial charge < -0.3 is 14.4 Å². The summed E-state index contributed by atoms with van der Waals surface area (Å²) in [5, 5.41) is 2.54. The number of fused-ring (bicyclic) bond motifs is 1. The lowest BCUT2D eigenvalue weighted by atomic mass is 10.1. The lowest BCUT2D eigenvalue weighted by Gasteiger charge is -2.22. The predicted molar refractivity (Wildman–Crippen MR) is 133 cm³/mol. The van der Waals surface area contributed by atoms with Crippen LogP contribution in [0.5, 0.6) is 5.75 Å². The van der Waals surface area contributed by atoms with E-state index in [9.17, 15) is 0 Å². The Morgan fingerprint density at radius 1 is 0.903 bits per heavy atom. The average molecular weight is 436 g/mol. The fraction of sp³-hybridized carbons (Fsp3) is 0.385. The van der Waals surface area contributed by atoms with E-state index in [2.05, 4.69) is 82.1 Å². The Hall–Kier alpha value is -2.21. The third-order valence-electron chi connectivity index (χ3n) is 5.90. The molecule has 1 saturated heterocycles. The number of hydrogen-bond acceptors (Lipinski definition) is 5. The predicted octanol–water partition coefficient (Wildman–Crippen LogP) is 5.89. The smallest absolute Gasteiger partial charge is 0.123 e. The summed E-state index contributed by atoms with van der Waals surface area (Å²) in [7, 11) is 1.77. The van der Waals surface area contributed by atoms with Gasteiger partial charge in [0.1, 0.15) is 5.75 Å². The van der Waals surface area contributed by atoms with Crippen molar-refractivity contribution >= 4 is 28.4 Å². The lowest BCUT2D eigenvalue weighted by Crippen LogP contribution is -2.31. The van der Waals surface area contributed by atoms with E-state index < -0.39 is 0 Å². The summed E-state index contributed by atoms with van der Waals surface area (Å²) in [4.78, 5) is 6.36. The Balaban J connectivity index is 1.41. The molecule has 4 rings (SSSR count). The van der Waals surface area contributed by atoms with Crippen LogP contribution < -0.4 is 9.46 Å². The van der Waals surface area contributed by atoms with Gasteiger partial charge in [-0.05, 0) is 85.5 Å². The lowest BCUT2D eigenvalue weighted by molar-refractivity contribution is 0.249. The number of nitrogens with one attached hydrogen (secondary N) is 1. The second kappa shape index (κ2) is 10.9. The summed E-state index contributed by atoms with van der Waals surface area (Å²) in [6.45, 7) is 9.04. The molecule has 1 aliphatic rings. The average Bonchev–Trinajstić information content (AvgIpc) is 3.03. The maximum absolute atomic E-state index is 5.67. The first-order valence-corrected chi connectivity index (χ1v) is 12.1. The number of hydrogen-bond donors (Lipinski definition) is 1. The monoisotopic (exact) mass is 435 g/mol. The molecular formula is C26H33N3OS. The molecule has 0 aromatic heterocycles. The maximum atomic E-state index is 5.67. The van der Waals surface area contributed by atoms with Crippen LogP contribution in [0.15, 0.2) is 65.6 Å². The van der Waals surface area contributed by atoms with Crippen LogP contribution in [0, 0.1) is 0 Å². The van der Waals surface area contributed by atoms with Gasteiger partial charge in [-0.25, -0.2) is 0 Å². The van der Waals surface area contributed by atoms with E-state index in [-0.39, 0.29) is 0 Å². The van der Waals surface area contributed by atoms with Crippen molar-refractivity contribution in [2.45, 2.75) is 31.2 Å². The molecular weight excluding hydrogens is 402 g/mol. The Morgan fingerprint density at radius 3 is 2.55 bits per heavy atom. The third-order valence-corrected chi connectivity index (χ3v) is 6.73. The summed E-state index contributed by atoms with van der Waals surface area (Å²) < 4.78 is 9.20. The second-order valence-corrected chi connectivity index (χ2v) is 9.09. The molecule has 0 unspecified atom stereocenters. The van der Waals surface area contributed by atoms with Gasteiger partial charge in [-0.1, -0.05) is 37.3 Å². The number of ether oxygens (including phenoxy) is 1. The van der Waals surface area contributed by atoms with Crippen LogP contribution in [-0.4, -0.2) is 49.6 Å². The Labute approximate surface area is 190 Å².